The molecule has 11 nitrogen and oxygen atoms in total. The summed E-state index contributed by atoms with van der Waals surface area (Å²) in [6.07, 6.45) is -0.326. The Morgan fingerprint density at radius 1 is 0.640 bits per heavy atom. The number of rotatable bonds is 21. The van der Waals surface area contributed by atoms with Crippen molar-refractivity contribution < 1.29 is 42.9 Å². The molecule has 2 amide bonds. The molecule has 0 spiro atoms. The van der Waals surface area contributed by atoms with Crippen LogP contribution in [0.25, 0.3) is 11.1 Å². The average molecular weight is 1000 g/mol. The van der Waals surface area contributed by atoms with Gasteiger partial charge in [-0.1, -0.05) is 183 Å². The molecule has 0 saturated heterocycles. The molecule has 0 aromatic heterocycles. The Morgan fingerprint density at radius 2 is 1.17 bits per heavy atom. The molecule has 11 heteroatoms. The number of carbonyl (C=O) groups excluding carboxylic acids is 5. The third kappa shape index (κ3) is 12.4. The lowest BCUT2D eigenvalue weighted by Crippen LogP contribution is -2.51. The van der Waals surface area contributed by atoms with Crippen molar-refractivity contribution in [3.05, 3.63) is 239 Å². The Morgan fingerprint density at radius 3 is 1.69 bits per heavy atom. The van der Waals surface area contributed by atoms with E-state index in [1.165, 1.54) is 0 Å². The van der Waals surface area contributed by atoms with Crippen LogP contribution >= 0.6 is 0 Å². The topological polar surface area (TPSA) is 146 Å². The van der Waals surface area contributed by atoms with Crippen LogP contribution in [0.3, 0.4) is 0 Å². The molecule has 1 aliphatic rings. The number of alkyl carbamates (subject to hydrolysis) is 1. The van der Waals surface area contributed by atoms with Crippen molar-refractivity contribution in [2.45, 2.75) is 83.1 Å². The van der Waals surface area contributed by atoms with Crippen LogP contribution in [0.1, 0.15) is 107 Å². The lowest BCUT2D eigenvalue weighted by atomic mass is 9.77. The quantitative estimate of drug-likeness (QED) is 0.0311. The molecule has 0 heterocycles. The van der Waals surface area contributed by atoms with Crippen LogP contribution in [0.2, 0.25) is 0 Å². The first-order chi connectivity index (χ1) is 36.1. The third-order valence-corrected chi connectivity index (χ3v) is 12.9. The lowest BCUT2D eigenvalue weighted by molar-refractivity contribution is -0.127. The first kappa shape index (κ1) is 52.7. The molecule has 0 unspecified atom stereocenters. The fraction of sp³-hybridized carbons (Fsp3) is 0.234. The van der Waals surface area contributed by atoms with Crippen molar-refractivity contribution >= 4 is 29.5 Å². The number of esters is 1. The fourth-order valence-electron chi connectivity index (χ4n) is 9.55. The van der Waals surface area contributed by atoms with Crippen molar-refractivity contribution in [2.24, 2.45) is 0 Å². The predicted molar refractivity (Wildman–Crippen MR) is 290 cm³/mol. The van der Waals surface area contributed by atoms with Gasteiger partial charge in [-0.15, -0.1) is 0 Å². The lowest BCUT2D eigenvalue weighted by Gasteiger charge is -2.37. The highest BCUT2D eigenvalue weighted by Gasteiger charge is 2.39. The van der Waals surface area contributed by atoms with Crippen molar-refractivity contribution in [3.8, 4) is 22.6 Å². The van der Waals surface area contributed by atoms with Gasteiger partial charge in [0.05, 0.1) is 18.6 Å². The minimum atomic E-state index is -1.32. The Balaban J connectivity index is 1.05. The van der Waals surface area contributed by atoms with Crippen LogP contribution < -0.4 is 20.1 Å². The molecule has 382 valence electrons. The molecule has 7 aromatic rings. The minimum Gasteiger partial charge on any atom is -0.487 e. The number of amides is 2. The summed E-state index contributed by atoms with van der Waals surface area (Å²) >= 11 is 0. The molecular weight excluding hydrogens is 941 g/mol. The second-order valence-corrected chi connectivity index (χ2v) is 19.8. The van der Waals surface area contributed by atoms with Crippen molar-refractivity contribution in [1.82, 2.24) is 10.6 Å². The van der Waals surface area contributed by atoms with Crippen molar-refractivity contribution in [2.75, 3.05) is 13.2 Å². The largest absolute Gasteiger partial charge is 0.487 e. The van der Waals surface area contributed by atoms with Crippen molar-refractivity contribution in [1.29, 1.82) is 0 Å². The summed E-state index contributed by atoms with van der Waals surface area (Å²) in [7, 11) is 0. The number of ether oxygens (including phenoxy) is 4. The van der Waals surface area contributed by atoms with Gasteiger partial charge >= 0.3 is 12.1 Å². The number of nitrogens with one attached hydrogen (secondary N) is 2. The summed E-state index contributed by atoms with van der Waals surface area (Å²) in [5, 5.41) is 6.10. The van der Waals surface area contributed by atoms with E-state index in [1.54, 1.807) is 63.2 Å². The fourth-order valence-corrected chi connectivity index (χ4v) is 9.55. The summed E-state index contributed by atoms with van der Waals surface area (Å²) < 4.78 is 23.8. The molecule has 0 radical (unpaired) electrons. The normalized spacial score (nSPS) is 12.4. The van der Waals surface area contributed by atoms with Gasteiger partial charge in [0.1, 0.15) is 29.9 Å². The third-order valence-electron chi connectivity index (χ3n) is 12.9. The van der Waals surface area contributed by atoms with E-state index in [9.17, 15) is 24.0 Å². The van der Waals surface area contributed by atoms with Crippen LogP contribution in [-0.4, -0.2) is 60.5 Å². The molecule has 0 aliphatic heterocycles. The van der Waals surface area contributed by atoms with Gasteiger partial charge in [0.2, 0.25) is 5.91 Å². The van der Waals surface area contributed by atoms with Gasteiger partial charge in [0, 0.05) is 29.9 Å². The van der Waals surface area contributed by atoms with Crippen LogP contribution in [0.15, 0.2) is 189 Å². The number of hydrogen-bond acceptors (Lipinski definition) is 9. The standard InChI is InChI=1S/C64H62N2O9/c1-7-37-72-60-53(61(70)75-63(4,5)6)36-35-45(59(60)74-42(2)3)39-56(67)44-33-31-43(32-34-44)38-57(68)55(65-62(71)73-41-54-51-29-19-17-27-49(51)50-28-18-20-30-52(50)54)40-58(69)66-64(46-21-11-8-12-22-46,47-23-13-9-14-24-47)48-25-15-10-16-26-48/h7-36,42,54-55H,1,37-41H2,2-6H3,(H,65,71)(H,66,69)/t55-/m0/s1. The van der Waals surface area contributed by atoms with Crippen LogP contribution in [0.5, 0.6) is 11.5 Å². The van der Waals surface area contributed by atoms with E-state index >= 15 is 0 Å². The monoisotopic (exact) mass is 1000 g/mol. The van der Waals surface area contributed by atoms with E-state index in [0.29, 0.717) is 16.7 Å². The maximum Gasteiger partial charge on any atom is 0.407 e. The smallest absolute Gasteiger partial charge is 0.407 e. The number of hydrogen-bond donors (Lipinski definition) is 2. The summed E-state index contributed by atoms with van der Waals surface area (Å²) in [4.78, 5) is 70.7. The van der Waals surface area contributed by atoms with Gasteiger partial charge in [0.25, 0.3) is 0 Å². The van der Waals surface area contributed by atoms with Crippen LogP contribution in [-0.2, 0) is 37.4 Å². The molecule has 7 aromatic carbocycles. The summed E-state index contributed by atoms with van der Waals surface area (Å²) in [6, 6.07) is 53.4. The molecule has 1 atom stereocenters. The number of benzene rings is 7. The average Bonchev–Trinajstić information content (AvgIpc) is 3.74. The van der Waals surface area contributed by atoms with E-state index in [-0.39, 0.29) is 60.9 Å². The molecule has 2 N–H and O–H groups in total. The van der Waals surface area contributed by atoms with Gasteiger partial charge in [-0.2, -0.15) is 0 Å². The molecule has 0 fully saturated rings. The first-order valence-corrected chi connectivity index (χ1v) is 25.2. The highest BCUT2D eigenvalue weighted by Crippen LogP contribution is 2.45. The van der Waals surface area contributed by atoms with Crippen LogP contribution in [0, 0.1) is 0 Å². The second-order valence-electron chi connectivity index (χ2n) is 19.8. The molecular formula is C64H62N2O9. The molecule has 1 aliphatic carbocycles. The van der Waals surface area contributed by atoms with Crippen molar-refractivity contribution in [3.63, 3.8) is 0 Å². The number of Topliss-reactive ketones (excluding diaryl/α,β-unsaturated/α-hetero) is 2. The molecule has 75 heavy (non-hydrogen) atoms. The van der Waals surface area contributed by atoms with E-state index in [1.807, 2.05) is 153 Å². The summed E-state index contributed by atoms with van der Waals surface area (Å²) in [5.41, 5.74) is 6.18. The number of fused-ring (bicyclic) bond motifs is 3. The zero-order valence-corrected chi connectivity index (χ0v) is 43.0. The zero-order valence-electron chi connectivity index (χ0n) is 43.0. The number of carbonyl (C=O) groups is 5. The Labute approximate surface area is 438 Å². The van der Waals surface area contributed by atoms with E-state index in [4.69, 9.17) is 18.9 Å². The number of ketones is 2. The highest BCUT2D eigenvalue weighted by molar-refractivity contribution is 5.99. The maximum atomic E-state index is 14.8. The Kier molecular flexibility index (Phi) is 16.6. The van der Waals surface area contributed by atoms with E-state index in [2.05, 4.69) is 17.2 Å². The Bertz CT molecular complexity index is 3020. The highest BCUT2D eigenvalue weighted by atomic mass is 16.6. The molecule has 0 saturated carbocycles. The molecule has 8 rings (SSSR count). The second kappa shape index (κ2) is 23.5. The van der Waals surface area contributed by atoms with Gasteiger partial charge < -0.3 is 29.6 Å². The molecule has 0 bridgehead atoms. The summed E-state index contributed by atoms with van der Waals surface area (Å²) in [6.45, 7) is 12.8. The SMILES string of the molecule is C=CCOc1c(C(=O)OC(C)(C)C)ccc(CC(=O)c2ccc(CC(=O)[C@H](CC(=O)NC(c3ccccc3)(c3ccccc3)c3ccccc3)NC(=O)OCC3c4ccccc4-c4ccccc43)cc2)c1OC(C)C. The van der Waals surface area contributed by atoms with Gasteiger partial charge in [-0.05, 0) is 85.2 Å². The first-order valence-electron chi connectivity index (χ1n) is 25.2. The van der Waals surface area contributed by atoms with Gasteiger partial charge in [-0.3, -0.25) is 14.4 Å². The van der Waals surface area contributed by atoms with E-state index < -0.39 is 47.4 Å². The minimum absolute atomic E-state index is 0.00369. The maximum absolute atomic E-state index is 14.8. The van der Waals surface area contributed by atoms with Gasteiger partial charge in [-0.25, -0.2) is 9.59 Å². The zero-order chi connectivity index (χ0) is 53.1. The summed E-state index contributed by atoms with van der Waals surface area (Å²) in [5.74, 6) is -1.64. The predicted octanol–water partition coefficient (Wildman–Crippen LogP) is 11.9. The van der Waals surface area contributed by atoms with Crippen LogP contribution in [0.4, 0.5) is 4.79 Å². The van der Waals surface area contributed by atoms with E-state index in [0.717, 1.165) is 38.9 Å². The van der Waals surface area contributed by atoms with Gasteiger partial charge in [0.15, 0.2) is 23.1 Å². The Hall–Kier alpha value is -8.57.